The number of halogens is 1. The molecule has 0 saturated heterocycles. The number of pyridine rings is 1. The lowest BCUT2D eigenvalue weighted by Crippen LogP contribution is -2.29. The molecule has 0 aliphatic heterocycles. The molecule has 0 spiro atoms. The first-order chi connectivity index (χ1) is 17.1. The van der Waals surface area contributed by atoms with Gasteiger partial charge in [0, 0.05) is 35.1 Å². The number of ether oxygens (including phenoxy) is 1. The summed E-state index contributed by atoms with van der Waals surface area (Å²) in [7, 11) is 0. The number of aromatic nitrogens is 1. The number of nitrogens with one attached hydrogen (secondary N) is 1. The molecule has 3 aromatic rings. The van der Waals surface area contributed by atoms with E-state index in [0.717, 1.165) is 48.6 Å². The molecule has 4 heteroatoms. The maximum Gasteiger partial charge on any atom is 0.127 e. The maximum atomic E-state index is 6.66. The Morgan fingerprint density at radius 2 is 1.91 bits per heavy atom. The van der Waals surface area contributed by atoms with Crippen LogP contribution in [-0.2, 0) is 12.1 Å². The van der Waals surface area contributed by atoms with E-state index < -0.39 is 0 Å². The lowest BCUT2D eigenvalue weighted by Gasteiger charge is -2.23. The van der Waals surface area contributed by atoms with E-state index in [1.165, 1.54) is 47.9 Å². The average molecular weight is 489 g/mol. The monoisotopic (exact) mass is 488 g/mol. The fraction of sp³-hybridized carbons (Fsp3) is 0.452. The standard InChI is InChI=1S/C31H37ClN2O/c1-3-4-5-8-22(2)23-11-14-29(32)24(19-23)20-34-31(16-17-31)28-21-33-18-15-26(28)27-9-6-7-10-30(27)35-25-12-13-25/h6-7,9-11,14-15,18-19,21-22,25,34H,3-5,8,12-13,16-17,20H2,1-2H3. The van der Waals surface area contributed by atoms with Crippen molar-refractivity contribution in [2.24, 2.45) is 0 Å². The summed E-state index contributed by atoms with van der Waals surface area (Å²) in [5.41, 5.74) is 6.13. The van der Waals surface area contributed by atoms with Gasteiger partial charge >= 0.3 is 0 Å². The highest BCUT2D eigenvalue weighted by molar-refractivity contribution is 6.31. The molecule has 2 fully saturated rings. The van der Waals surface area contributed by atoms with Gasteiger partial charge in [-0.05, 0) is 78.5 Å². The van der Waals surface area contributed by atoms with Gasteiger partial charge < -0.3 is 10.1 Å². The summed E-state index contributed by atoms with van der Waals surface area (Å²) in [5.74, 6) is 1.53. The van der Waals surface area contributed by atoms with Crippen molar-refractivity contribution in [3.05, 3.63) is 82.6 Å². The van der Waals surface area contributed by atoms with Crippen LogP contribution in [0.2, 0.25) is 5.02 Å². The number of para-hydroxylation sites is 1. The molecule has 1 N–H and O–H groups in total. The van der Waals surface area contributed by atoms with Gasteiger partial charge in [0.1, 0.15) is 5.75 Å². The average Bonchev–Trinajstić information content (AvgIpc) is 3.81. The van der Waals surface area contributed by atoms with Gasteiger partial charge in [-0.15, -0.1) is 0 Å². The number of benzene rings is 2. The maximum absolute atomic E-state index is 6.66. The lowest BCUT2D eigenvalue weighted by atomic mass is 9.93. The van der Waals surface area contributed by atoms with E-state index in [0.29, 0.717) is 12.0 Å². The van der Waals surface area contributed by atoms with Crippen molar-refractivity contribution >= 4 is 11.6 Å². The van der Waals surface area contributed by atoms with Crippen molar-refractivity contribution in [2.45, 2.75) is 89.3 Å². The quantitative estimate of drug-likeness (QED) is 0.260. The summed E-state index contributed by atoms with van der Waals surface area (Å²) in [6.07, 6.45) is 13.9. The first-order valence-corrected chi connectivity index (χ1v) is 13.7. The molecular weight excluding hydrogens is 452 g/mol. The molecule has 0 bridgehead atoms. The van der Waals surface area contributed by atoms with Gasteiger partial charge in [0.15, 0.2) is 0 Å². The number of nitrogens with zero attached hydrogens (tertiary/aromatic N) is 1. The number of unbranched alkanes of at least 4 members (excludes halogenated alkanes) is 2. The first kappa shape index (κ1) is 24.3. The zero-order valence-electron chi connectivity index (χ0n) is 21.0. The van der Waals surface area contributed by atoms with Crippen molar-refractivity contribution in [1.82, 2.24) is 10.3 Å². The molecule has 0 radical (unpaired) electrons. The molecule has 1 heterocycles. The Morgan fingerprint density at radius 3 is 2.69 bits per heavy atom. The van der Waals surface area contributed by atoms with Crippen molar-refractivity contribution < 1.29 is 4.74 Å². The van der Waals surface area contributed by atoms with Gasteiger partial charge in [0.05, 0.1) is 6.10 Å². The summed E-state index contributed by atoms with van der Waals surface area (Å²) in [5, 5.41) is 4.72. The van der Waals surface area contributed by atoms with Gasteiger partial charge in [-0.1, -0.05) is 75.0 Å². The fourth-order valence-corrected chi connectivity index (χ4v) is 5.19. The normalized spacial score (nSPS) is 17.2. The minimum atomic E-state index is -0.0671. The van der Waals surface area contributed by atoms with Gasteiger partial charge in [0.25, 0.3) is 0 Å². The highest BCUT2D eigenvalue weighted by Gasteiger charge is 2.45. The molecule has 2 aliphatic carbocycles. The van der Waals surface area contributed by atoms with Crippen LogP contribution in [0.4, 0.5) is 0 Å². The highest BCUT2D eigenvalue weighted by Crippen LogP contribution is 2.50. The molecule has 2 saturated carbocycles. The Bertz CT molecular complexity index is 1150. The van der Waals surface area contributed by atoms with E-state index in [9.17, 15) is 0 Å². The van der Waals surface area contributed by atoms with Crippen LogP contribution >= 0.6 is 11.6 Å². The Morgan fingerprint density at radius 1 is 1.09 bits per heavy atom. The van der Waals surface area contributed by atoms with Crippen LogP contribution in [0.1, 0.15) is 87.8 Å². The second-order valence-electron chi connectivity index (χ2n) is 10.4. The summed E-state index contributed by atoms with van der Waals surface area (Å²) >= 11 is 6.66. The van der Waals surface area contributed by atoms with Crippen LogP contribution in [0, 0.1) is 0 Å². The van der Waals surface area contributed by atoms with Crippen LogP contribution < -0.4 is 10.1 Å². The largest absolute Gasteiger partial charge is 0.490 e. The molecule has 2 aliphatic rings. The molecule has 5 rings (SSSR count). The summed E-state index contributed by atoms with van der Waals surface area (Å²) in [6, 6.07) is 17.1. The zero-order chi connectivity index (χ0) is 24.3. The molecule has 1 unspecified atom stereocenters. The van der Waals surface area contributed by atoms with E-state index in [1.807, 2.05) is 12.4 Å². The van der Waals surface area contributed by atoms with Crippen LogP contribution in [0.15, 0.2) is 60.9 Å². The van der Waals surface area contributed by atoms with Crippen LogP contribution in [-0.4, -0.2) is 11.1 Å². The van der Waals surface area contributed by atoms with E-state index in [2.05, 4.69) is 72.7 Å². The highest BCUT2D eigenvalue weighted by atomic mass is 35.5. The Balaban J connectivity index is 1.35. The van der Waals surface area contributed by atoms with Crippen LogP contribution in [0.3, 0.4) is 0 Å². The zero-order valence-corrected chi connectivity index (χ0v) is 21.8. The third-order valence-electron chi connectivity index (χ3n) is 7.58. The van der Waals surface area contributed by atoms with Gasteiger partial charge in [-0.25, -0.2) is 0 Å². The van der Waals surface area contributed by atoms with Crippen LogP contribution in [0.5, 0.6) is 5.75 Å². The molecular formula is C31H37ClN2O. The SMILES string of the molecule is CCCCCC(C)c1ccc(Cl)c(CNC2(c3cnccc3-c3ccccc3OC3CC3)CC2)c1. The fourth-order valence-electron chi connectivity index (χ4n) is 5.00. The Hall–Kier alpha value is -2.36. The number of hydrogen-bond donors (Lipinski definition) is 1. The molecule has 0 amide bonds. The van der Waals surface area contributed by atoms with E-state index in [4.69, 9.17) is 16.3 Å². The van der Waals surface area contributed by atoms with Gasteiger partial charge in [-0.2, -0.15) is 0 Å². The van der Waals surface area contributed by atoms with Crippen molar-refractivity contribution in [3.8, 4) is 16.9 Å². The van der Waals surface area contributed by atoms with E-state index in [1.54, 1.807) is 0 Å². The Labute approximate surface area is 215 Å². The molecule has 1 atom stereocenters. The summed E-state index contributed by atoms with van der Waals surface area (Å²) in [4.78, 5) is 4.52. The Kier molecular flexibility index (Phi) is 7.45. The van der Waals surface area contributed by atoms with E-state index in [-0.39, 0.29) is 5.54 Å². The predicted octanol–water partition coefficient (Wildman–Crippen LogP) is 8.41. The first-order valence-electron chi connectivity index (χ1n) is 13.3. The minimum Gasteiger partial charge on any atom is -0.490 e. The predicted molar refractivity (Wildman–Crippen MR) is 145 cm³/mol. The van der Waals surface area contributed by atoms with Crippen molar-refractivity contribution in [2.75, 3.05) is 0 Å². The third-order valence-corrected chi connectivity index (χ3v) is 7.95. The second-order valence-corrected chi connectivity index (χ2v) is 10.8. The molecule has 3 nitrogen and oxygen atoms in total. The molecule has 184 valence electrons. The summed E-state index contributed by atoms with van der Waals surface area (Å²) < 4.78 is 6.26. The second kappa shape index (κ2) is 10.7. The van der Waals surface area contributed by atoms with Crippen molar-refractivity contribution in [1.29, 1.82) is 0 Å². The third kappa shape index (κ3) is 5.73. The molecule has 1 aromatic heterocycles. The molecule has 2 aromatic carbocycles. The minimum absolute atomic E-state index is 0.0671. The summed E-state index contributed by atoms with van der Waals surface area (Å²) in [6.45, 7) is 5.35. The van der Waals surface area contributed by atoms with Gasteiger partial charge in [-0.3, -0.25) is 4.98 Å². The topological polar surface area (TPSA) is 34.2 Å². The lowest BCUT2D eigenvalue weighted by molar-refractivity contribution is 0.304. The molecule has 35 heavy (non-hydrogen) atoms. The van der Waals surface area contributed by atoms with E-state index >= 15 is 0 Å². The van der Waals surface area contributed by atoms with Crippen molar-refractivity contribution in [3.63, 3.8) is 0 Å². The van der Waals surface area contributed by atoms with Gasteiger partial charge in [0.2, 0.25) is 0 Å². The number of rotatable bonds is 12. The van der Waals surface area contributed by atoms with Crippen LogP contribution in [0.25, 0.3) is 11.1 Å². The number of hydrogen-bond acceptors (Lipinski definition) is 3. The smallest absolute Gasteiger partial charge is 0.127 e.